The third-order valence-electron chi connectivity index (χ3n) is 7.12. The number of nitrogens with zero attached hydrogens (tertiary/aromatic N) is 3. The lowest BCUT2D eigenvalue weighted by atomic mass is 9.99. The average Bonchev–Trinajstić information content (AvgIpc) is 3.37. The van der Waals surface area contributed by atoms with E-state index in [9.17, 15) is 29.9 Å². The van der Waals surface area contributed by atoms with Gasteiger partial charge in [-0.1, -0.05) is 41.6 Å². The number of nitro groups is 1. The number of likely N-dealkylation sites (tertiary alicyclic amines) is 1. The maximum atomic E-state index is 13.5. The number of non-ortho nitro benzene ring substituents is 1. The number of aliphatic hydroxyl groups is 2. The van der Waals surface area contributed by atoms with Crippen LogP contribution >= 0.6 is 0 Å². The quantitative estimate of drug-likeness (QED) is 0.254. The minimum absolute atomic E-state index is 0.0980. The zero-order valence-electron chi connectivity index (χ0n) is 22.8. The first-order valence-corrected chi connectivity index (χ1v) is 13.1. The third kappa shape index (κ3) is 6.94. The Hall–Kier alpha value is -4.61. The molecule has 11 nitrogen and oxygen atoms in total. The highest BCUT2D eigenvalue weighted by molar-refractivity contribution is 6.01. The molecule has 0 aliphatic carbocycles. The largest absolute Gasteiger partial charge is 0.399 e. The van der Waals surface area contributed by atoms with Crippen molar-refractivity contribution in [1.29, 1.82) is 0 Å². The Morgan fingerprint density at radius 3 is 2.41 bits per heavy atom. The number of hydrogen-bond donors (Lipinski definition) is 3. The number of nitro benzene ring substituents is 1. The Morgan fingerprint density at radius 2 is 1.80 bits per heavy atom. The molecule has 0 spiro atoms. The van der Waals surface area contributed by atoms with E-state index in [1.807, 2.05) is 43.3 Å². The van der Waals surface area contributed by atoms with Crippen LogP contribution in [0.3, 0.4) is 0 Å². The van der Waals surface area contributed by atoms with Gasteiger partial charge in [0.05, 0.1) is 29.8 Å². The van der Waals surface area contributed by atoms with E-state index in [-0.39, 0.29) is 24.6 Å². The average molecular weight is 561 g/mol. The summed E-state index contributed by atoms with van der Waals surface area (Å²) in [7, 11) is 1.41. The van der Waals surface area contributed by atoms with Crippen LogP contribution < -0.4 is 5.32 Å². The van der Waals surface area contributed by atoms with E-state index in [2.05, 4.69) is 10.5 Å². The highest BCUT2D eigenvalue weighted by atomic mass is 16.6. The van der Waals surface area contributed by atoms with Gasteiger partial charge in [-0.2, -0.15) is 0 Å². The Kier molecular flexibility index (Phi) is 9.43. The van der Waals surface area contributed by atoms with Crippen molar-refractivity contribution in [2.45, 2.75) is 38.0 Å². The summed E-state index contributed by atoms with van der Waals surface area (Å²) < 4.78 is 0. The molecule has 1 aliphatic rings. The van der Waals surface area contributed by atoms with E-state index >= 15 is 0 Å². The molecule has 41 heavy (non-hydrogen) atoms. The molecule has 214 valence electrons. The number of amides is 2. The molecule has 0 radical (unpaired) electrons. The molecule has 1 aliphatic heterocycles. The molecule has 0 saturated carbocycles. The second-order valence-corrected chi connectivity index (χ2v) is 9.88. The molecule has 4 rings (SSSR count). The van der Waals surface area contributed by atoms with E-state index in [1.165, 1.54) is 31.4 Å². The van der Waals surface area contributed by atoms with E-state index < -0.39 is 35.6 Å². The van der Waals surface area contributed by atoms with Crippen molar-refractivity contribution in [2.75, 3.05) is 20.3 Å². The van der Waals surface area contributed by atoms with Crippen LogP contribution in [0.2, 0.25) is 0 Å². The fourth-order valence-electron chi connectivity index (χ4n) is 4.97. The van der Waals surface area contributed by atoms with Gasteiger partial charge in [-0.25, -0.2) is 0 Å². The van der Waals surface area contributed by atoms with Crippen molar-refractivity contribution >= 4 is 23.2 Å². The van der Waals surface area contributed by atoms with Crippen LogP contribution in [0.4, 0.5) is 5.69 Å². The van der Waals surface area contributed by atoms with Gasteiger partial charge in [-0.15, -0.1) is 0 Å². The lowest BCUT2D eigenvalue weighted by Gasteiger charge is -2.26. The van der Waals surface area contributed by atoms with Crippen LogP contribution in [-0.4, -0.2) is 69.9 Å². The van der Waals surface area contributed by atoms with Gasteiger partial charge in [0.2, 0.25) is 5.91 Å². The SMILES string of the molecule is CON=C1C[C@@H](CC(=O)N[C@@H](CO)[C@@H](O)c2ccc([N+](=O)[O-])cc2)N(C(=O)c2ccc(-c3ccccc3C)cc2)C1. The van der Waals surface area contributed by atoms with Crippen molar-refractivity contribution in [3.8, 4) is 11.1 Å². The molecule has 1 heterocycles. The fraction of sp³-hybridized carbons (Fsp3) is 0.300. The van der Waals surface area contributed by atoms with Gasteiger partial charge in [0.25, 0.3) is 11.6 Å². The maximum Gasteiger partial charge on any atom is 0.269 e. The summed E-state index contributed by atoms with van der Waals surface area (Å²) in [5, 5.41) is 38.1. The number of oxime groups is 1. The van der Waals surface area contributed by atoms with Crippen LogP contribution in [-0.2, 0) is 9.63 Å². The first-order valence-electron chi connectivity index (χ1n) is 13.1. The molecule has 0 aromatic heterocycles. The van der Waals surface area contributed by atoms with Crippen molar-refractivity contribution < 1.29 is 29.6 Å². The van der Waals surface area contributed by atoms with E-state index in [0.717, 1.165) is 16.7 Å². The second-order valence-electron chi connectivity index (χ2n) is 9.88. The first kappa shape index (κ1) is 29.4. The molecule has 3 aromatic rings. The highest BCUT2D eigenvalue weighted by Crippen LogP contribution is 2.26. The summed E-state index contributed by atoms with van der Waals surface area (Å²) in [6.07, 6.45) is -1.08. The summed E-state index contributed by atoms with van der Waals surface area (Å²) in [6.45, 7) is 1.65. The van der Waals surface area contributed by atoms with E-state index in [0.29, 0.717) is 23.3 Å². The number of rotatable bonds is 10. The van der Waals surface area contributed by atoms with Crippen LogP contribution in [0, 0.1) is 17.0 Å². The van der Waals surface area contributed by atoms with Crippen LogP contribution in [0.25, 0.3) is 11.1 Å². The highest BCUT2D eigenvalue weighted by Gasteiger charge is 2.36. The lowest BCUT2D eigenvalue weighted by molar-refractivity contribution is -0.384. The Bertz CT molecular complexity index is 1420. The molecule has 3 aromatic carbocycles. The van der Waals surface area contributed by atoms with E-state index in [4.69, 9.17) is 4.84 Å². The van der Waals surface area contributed by atoms with Crippen LogP contribution in [0.5, 0.6) is 0 Å². The van der Waals surface area contributed by atoms with Gasteiger partial charge in [0.1, 0.15) is 13.2 Å². The van der Waals surface area contributed by atoms with Gasteiger partial charge >= 0.3 is 0 Å². The second kappa shape index (κ2) is 13.2. The minimum atomic E-state index is -1.30. The van der Waals surface area contributed by atoms with Gasteiger partial charge in [-0.05, 0) is 53.4 Å². The van der Waals surface area contributed by atoms with Gasteiger partial charge in [-0.3, -0.25) is 19.7 Å². The minimum Gasteiger partial charge on any atom is -0.399 e. The van der Waals surface area contributed by atoms with Gasteiger partial charge in [0.15, 0.2) is 0 Å². The number of aryl methyl sites for hydroxylation is 1. The van der Waals surface area contributed by atoms with Crippen LogP contribution in [0.15, 0.2) is 78.0 Å². The van der Waals surface area contributed by atoms with E-state index in [1.54, 1.807) is 17.0 Å². The Labute approximate surface area is 237 Å². The summed E-state index contributed by atoms with van der Waals surface area (Å²) >= 11 is 0. The molecule has 11 heteroatoms. The number of hydrogen-bond acceptors (Lipinski definition) is 8. The number of nitrogens with one attached hydrogen (secondary N) is 1. The third-order valence-corrected chi connectivity index (χ3v) is 7.12. The Morgan fingerprint density at radius 1 is 1.12 bits per heavy atom. The van der Waals surface area contributed by atoms with Gasteiger partial charge in [0, 0.05) is 36.6 Å². The summed E-state index contributed by atoms with van der Waals surface area (Å²) in [6, 6.07) is 18.9. The van der Waals surface area contributed by atoms with Crippen molar-refractivity contribution in [3.05, 3.63) is 99.6 Å². The zero-order chi connectivity index (χ0) is 29.5. The fourth-order valence-corrected chi connectivity index (χ4v) is 4.97. The molecular formula is C30H32N4O7. The number of aliphatic hydroxyl groups excluding tert-OH is 2. The summed E-state index contributed by atoms with van der Waals surface area (Å²) in [5.74, 6) is -0.744. The molecule has 1 saturated heterocycles. The predicted octanol–water partition coefficient (Wildman–Crippen LogP) is 3.39. The predicted molar refractivity (Wildman–Crippen MR) is 152 cm³/mol. The normalized spacial score (nSPS) is 17.2. The molecule has 0 unspecified atom stereocenters. The topological polar surface area (TPSA) is 155 Å². The maximum absolute atomic E-state index is 13.5. The number of carbonyl (C=O) groups excluding carboxylic acids is 2. The van der Waals surface area contributed by atoms with Crippen LogP contribution in [0.1, 0.15) is 40.4 Å². The zero-order valence-corrected chi connectivity index (χ0v) is 22.8. The van der Waals surface area contributed by atoms with Crippen molar-refractivity contribution in [2.24, 2.45) is 5.16 Å². The number of benzene rings is 3. The molecule has 2 amide bonds. The monoisotopic (exact) mass is 560 g/mol. The Balaban J connectivity index is 1.46. The molecule has 3 atom stereocenters. The smallest absolute Gasteiger partial charge is 0.269 e. The van der Waals surface area contributed by atoms with Crippen molar-refractivity contribution in [1.82, 2.24) is 10.2 Å². The lowest BCUT2D eigenvalue weighted by Crippen LogP contribution is -2.45. The molecular weight excluding hydrogens is 528 g/mol. The summed E-state index contributed by atoms with van der Waals surface area (Å²) in [5.41, 5.74) is 4.42. The first-order chi connectivity index (χ1) is 19.7. The molecule has 0 bridgehead atoms. The van der Waals surface area contributed by atoms with Crippen molar-refractivity contribution in [3.63, 3.8) is 0 Å². The molecule has 1 fully saturated rings. The van der Waals surface area contributed by atoms with Gasteiger partial charge < -0.3 is 25.3 Å². The molecule has 3 N–H and O–H groups in total. The number of carbonyl (C=O) groups is 2. The standard InChI is InChI=1S/C30H32N4O7/c1-19-5-3-4-6-26(19)20-7-9-22(10-8-20)30(38)33-17-23(32-41-2)15-25(33)16-28(36)31-27(18-35)29(37)21-11-13-24(14-12-21)34(39)40/h3-14,25,27,29,35,37H,15-18H2,1-2H3,(H,31,36)/t25-,27-,29-/m0/s1. The summed E-state index contributed by atoms with van der Waals surface area (Å²) in [4.78, 5) is 43.4.